The van der Waals surface area contributed by atoms with Crippen molar-refractivity contribution in [1.29, 1.82) is 0 Å². The number of methoxy groups -OCH3 is 1. The molecule has 0 saturated carbocycles. The van der Waals surface area contributed by atoms with Crippen LogP contribution in [-0.2, 0) is 11.3 Å². The van der Waals surface area contributed by atoms with Crippen LogP contribution in [0.4, 0.5) is 4.79 Å². The Kier molecular flexibility index (Phi) is 4.20. The first kappa shape index (κ1) is 16.0. The molecule has 2 heterocycles. The molecular weight excluding hydrogens is 310 g/mol. The van der Waals surface area contributed by atoms with Gasteiger partial charge < -0.3 is 10.1 Å². The molecule has 1 N–H and O–H groups in total. The largest absolute Gasteiger partial charge is 0.497 e. The SMILES string of the molecule is COc1cccc(-n2cc(CN3C(=O)NC(C(C)C)C3=O)nn2)c1. The van der Waals surface area contributed by atoms with Crippen LogP contribution < -0.4 is 10.1 Å². The lowest BCUT2D eigenvalue weighted by molar-refractivity contribution is -0.128. The van der Waals surface area contributed by atoms with Gasteiger partial charge in [-0.1, -0.05) is 25.1 Å². The number of rotatable bonds is 5. The second-order valence-corrected chi connectivity index (χ2v) is 5.95. The van der Waals surface area contributed by atoms with Gasteiger partial charge in [-0.2, -0.15) is 0 Å². The number of hydrogen-bond acceptors (Lipinski definition) is 5. The number of nitrogens with one attached hydrogen (secondary N) is 1. The summed E-state index contributed by atoms with van der Waals surface area (Å²) in [5.74, 6) is 0.517. The van der Waals surface area contributed by atoms with E-state index < -0.39 is 12.1 Å². The number of imide groups is 1. The van der Waals surface area contributed by atoms with E-state index in [-0.39, 0.29) is 18.4 Å². The van der Waals surface area contributed by atoms with Crippen molar-refractivity contribution < 1.29 is 14.3 Å². The van der Waals surface area contributed by atoms with Crippen LogP contribution in [-0.4, -0.2) is 45.0 Å². The van der Waals surface area contributed by atoms with Gasteiger partial charge in [0, 0.05) is 6.07 Å². The summed E-state index contributed by atoms with van der Waals surface area (Å²) in [5, 5.41) is 10.8. The fraction of sp³-hybridized carbons (Fsp3) is 0.375. The van der Waals surface area contributed by atoms with Gasteiger partial charge in [-0.25, -0.2) is 9.48 Å². The summed E-state index contributed by atoms with van der Waals surface area (Å²) in [7, 11) is 1.59. The van der Waals surface area contributed by atoms with Gasteiger partial charge in [0.25, 0.3) is 5.91 Å². The van der Waals surface area contributed by atoms with Crippen molar-refractivity contribution in [2.75, 3.05) is 7.11 Å². The predicted molar refractivity (Wildman–Crippen MR) is 85.6 cm³/mol. The first-order valence-corrected chi connectivity index (χ1v) is 7.67. The van der Waals surface area contributed by atoms with E-state index >= 15 is 0 Å². The van der Waals surface area contributed by atoms with E-state index in [1.807, 2.05) is 38.1 Å². The molecule has 1 aliphatic heterocycles. The fourth-order valence-electron chi connectivity index (χ4n) is 2.55. The number of benzene rings is 1. The minimum atomic E-state index is -0.481. The molecule has 126 valence electrons. The van der Waals surface area contributed by atoms with Crippen LogP contribution in [0.1, 0.15) is 19.5 Å². The number of nitrogens with zero attached hydrogens (tertiary/aromatic N) is 4. The molecule has 0 spiro atoms. The molecule has 0 bridgehead atoms. The molecule has 24 heavy (non-hydrogen) atoms. The lowest BCUT2D eigenvalue weighted by Crippen LogP contribution is -2.34. The molecule has 1 aromatic heterocycles. The summed E-state index contributed by atoms with van der Waals surface area (Å²) in [6, 6.07) is 6.49. The summed E-state index contributed by atoms with van der Waals surface area (Å²) >= 11 is 0. The zero-order chi connectivity index (χ0) is 17.3. The number of ether oxygens (including phenoxy) is 1. The molecule has 1 aromatic carbocycles. The van der Waals surface area contributed by atoms with Crippen molar-refractivity contribution in [3.63, 3.8) is 0 Å². The molecule has 3 amide bonds. The van der Waals surface area contributed by atoms with Gasteiger partial charge in [0.1, 0.15) is 17.5 Å². The molecule has 3 rings (SSSR count). The topological polar surface area (TPSA) is 89.4 Å². The minimum Gasteiger partial charge on any atom is -0.497 e. The lowest BCUT2D eigenvalue weighted by Gasteiger charge is -2.12. The summed E-state index contributed by atoms with van der Waals surface area (Å²) in [5.41, 5.74) is 1.32. The quantitative estimate of drug-likeness (QED) is 0.837. The maximum absolute atomic E-state index is 12.3. The maximum atomic E-state index is 12.3. The van der Waals surface area contributed by atoms with Crippen LogP contribution in [0.5, 0.6) is 5.75 Å². The van der Waals surface area contributed by atoms with Gasteiger partial charge >= 0.3 is 6.03 Å². The van der Waals surface area contributed by atoms with Crippen molar-refractivity contribution in [3.8, 4) is 11.4 Å². The van der Waals surface area contributed by atoms with E-state index in [1.54, 1.807) is 18.0 Å². The Morgan fingerprint density at radius 1 is 1.33 bits per heavy atom. The van der Waals surface area contributed by atoms with Crippen molar-refractivity contribution in [2.45, 2.75) is 26.4 Å². The summed E-state index contributed by atoms with van der Waals surface area (Å²) < 4.78 is 6.77. The van der Waals surface area contributed by atoms with Crippen molar-refractivity contribution in [3.05, 3.63) is 36.2 Å². The maximum Gasteiger partial charge on any atom is 0.325 e. The first-order valence-electron chi connectivity index (χ1n) is 7.67. The highest BCUT2D eigenvalue weighted by molar-refractivity contribution is 6.04. The Balaban J connectivity index is 1.77. The summed E-state index contributed by atoms with van der Waals surface area (Å²) in [6.07, 6.45) is 1.69. The van der Waals surface area contributed by atoms with E-state index in [1.165, 1.54) is 4.90 Å². The Hall–Kier alpha value is -2.90. The monoisotopic (exact) mass is 329 g/mol. The second-order valence-electron chi connectivity index (χ2n) is 5.95. The van der Waals surface area contributed by atoms with Gasteiger partial charge in [-0.05, 0) is 18.1 Å². The molecular formula is C16H19N5O3. The van der Waals surface area contributed by atoms with E-state index in [0.29, 0.717) is 11.4 Å². The Labute approximate surface area is 139 Å². The highest BCUT2D eigenvalue weighted by Crippen LogP contribution is 2.18. The predicted octanol–water partition coefficient (Wildman–Crippen LogP) is 1.35. The van der Waals surface area contributed by atoms with Gasteiger partial charge in [0.15, 0.2) is 0 Å². The van der Waals surface area contributed by atoms with Gasteiger partial charge in [-0.15, -0.1) is 5.10 Å². The Bertz CT molecular complexity index is 771. The number of amides is 3. The molecule has 2 aromatic rings. The van der Waals surface area contributed by atoms with Crippen LogP contribution in [0.2, 0.25) is 0 Å². The zero-order valence-electron chi connectivity index (χ0n) is 13.8. The summed E-state index contributed by atoms with van der Waals surface area (Å²) in [4.78, 5) is 25.5. The Morgan fingerprint density at radius 2 is 2.12 bits per heavy atom. The van der Waals surface area contributed by atoms with Gasteiger partial charge in [0.2, 0.25) is 0 Å². The van der Waals surface area contributed by atoms with Gasteiger partial charge in [-0.3, -0.25) is 9.69 Å². The first-order chi connectivity index (χ1) is 11.5. The van der Waals surface area contributed by atoms with E-state index in [9.17, 15) is 9.59 Å². The molecule has 8 heteroatoms. The van der Waals surface area contributed by atoms with Crippen LogP contribution in [0, 0.1) is 5.92 Å². The van der Waals surface area contributed by atoms with Crippen molar-refractivity contribution in [1.82, 2.24) is 25.2 Å². The lowest BCUT2D eigenvalue weighted by atomic mass is 10.1. The molecule has 8 nitrogen and oxygen atoms in total. The van der Waals surface area contributed by atoms with Crippen LogP contribution in [0.15, 0.2) is 30.5 Å². The fourth-order valence-corrected chi connectivity index (χ4v) is 2.55. The summed E-state index contributed by atoms with van der Waals surface area (Å²) in [6.45, 7) is 3.88. The van der Waals surface area contributed by atoms with Crippen LogP contribution >= 0.6 is 0 Å². The van der Waals surface area contributed by atoms with Crippen molar-refractivity contribution >= 4 is 11.9 Å². The average Bonchev–Trinajstić information content (AvgIpc) is 3.15. The van der Waals surface area contributed by atoms with E-state index in [2.05, 4.69) is 15.6 Å². The molecule has 1 atom stereocenters. The molecule has 1 fully saturated rings. The highest BCUT2D eigenvalue weighted by Gasteiger charge is 2.39. The number of carbonyl (C=O) groups excluding carboxylic acids is 2. The van der Waals surface area contributed by atoms with Crippen LogP contribution in [0.3, 0.4) is 0 Å². The second kappa shape index (κ2) is 6.31. The minimum absolute atomic E-state index is 0.0407. The van der Waals surface area contributed by atoms with Crippen molar-refractivity contribution in [2.24, 2.45) is 5.92 Å². The molecule has 1 unspecified atom stereocenters. The van der Waals surface area contributed by atoms with Gasteiger partial charge in [0.05, 0.1) is 25.5 Å². The normalized spacial score (nSPS) is 17.5. The third-order valence-corrected chi connectivity index (χ3v) is 3.90. The molecule has 1 aliphatic rings. The number of carbonyl (C=O) groups is 2. The molecule has 0 radical (unpaired) electrons. The molecule has 1 saturated heterocycles. The van der Waals surface area contributed by atoms with E-state index in [4.69, 9.17) is 4.74 Å². The number of hydrogen-bond donors (Lipinski definition) is 1. The number of aromatic nitrogens is 3. The highest BCUT2D eigenvalue weighted by atomic mass is 16.5. The average molecular weight is 329 g/mol. The Morgan fingerprint density at radius 3 is 2.79 bits per heavy atom. The smallest absolute Gasteiger partial charge is 0.325 e. The zero-order valence-corrected chi connectivity index (χ0v) is 13.8. The van der Waals surface area contributed by atoms with Crippen LogP contribution in [0.25, 0.3) is 5.69 Å². The number of urea groups is 1. The van der Waals surface area contributed by atoms with E-state index in [0.717, 1.165) is 5.69 Å². The third-order valence-electron chi connectivity index (χ3n) is 3.90. The third kappa shape index (κ3) is 2.94. The standard InChI is InChI=1S/C16H19N5O3/c1-10(2)14-15(22)20(16(23)17-14)8-11-9-21(19-18-11)12-5-4-6-13(7-12)24-3/h4-7,9-10,14H,8H2,1-3H3,(H,17,23). The molecule has 0 aliphatic carbocycles.